The largest absolute Gasteiger partial charge is 0.506 e. The molecule has 100 valence electrons. The van der Waals surface area contributed by atoms with Crippen molar-refractivity contribution < 1.29 is 14.6 Å². The Morgan fingerprint density at radius 3 is 2.61 bits per heavy atom. The van der Waals surface area contributed by atoms with E-state index < -0.39 is 17.4 Å². The van der Waals surface area contributed by atoms with Crippen LogP contribution in [0.5, 0.6) is 5.75 Å². The van der Waals surface area contributed by atoms with Crippen molar-refractivity contribution in [2.75, 3.05) is 7.11 Å². The van der Waals surface area contributed by atoms with Gasteiger partial charge in [0.1, 0.15) is 5.75 Å². The molecule has 1 rings (SSSR count). The van der Waals surface area contributed by atoms with Crippen molar-refractivity contribution in [2.45, 2.75) is 19.9 Å². The summed E-state index contributed by atoms with van der Waals surface area (Å²) in [5.74, 6) is -0.530. The van der Waals surface area contributed by atoms with E-state index in [0.29, 0.717) is 15.1 Å². The molecule has 0 aliphatic rings. The maximum Gasteiger partial charge on any atom is 0.313 e. The Bertz CT molecular complexity index is 477. The standard InChI is InChI=1S/C12H15BrClNO3/c1-12(2,11(17)18-3)10(15)8-7(14)5-4-6(13)9(8)16/h4-5,10,16H,15H2,1-3H3/t10-/m1/s1. The zero-order valence-electron chi connectivity index (χ0n) is 10.3. The maximum atomic E-state index is 11.7. The van der Waals surface area contributed by atoms with Gasteiger partial charge >= 0.3 is 5.97 Å². The molecule has 1 aromatic carbocycles. The van der Waals surface area contributed by atoms with Crippen LogP contribution < -0.4 is 5.73 Å². The first-order valence-corrected chi connectivity index (χ1v) is 6.41. The number of methoxy groups -OCH3 is 1. The fraction of sp³-hybridized carbons (Fsp3) is 0.417. The molecule has 0 bridgehead atoms. The number of esters is 1. The van der Waals surface area contributed by atoms with E-state index in [1.807, 2.05) is 0 Å². The lowest BCUT2D eigenvalue weighted by atomic mass is 9.80. The highest BCUT2D eigenvalue weighted by molar-refractivity contribution is 9.10. The van der Waals surface area contributed by atoms with Crippen molar-refractivity contribution in [3.8, 4) is 5.75 Å². The predicted octanol–water partition coefficient (Wildman–Crippen LogP) is 3.01. The minimum Gasteiger partial charge on any atom is -0.506 e. The number of carbonyl (C=O) groups excluding carboxylic acids is 1. The molecular weight excluding hydrogens is 321 g/mol. The van der Waals surface area contributed by atoms with E-state index in [4.69, 9.17) is 22.1 Å². The van der Waals surface area contributed by atoms with Gasteiger partial charge in [-0.15, -0.1) is 0 Å². The van der Waals surface area contributed by atoms with Crippen LogP contribution in [0.2, 0.25) is 5.02 Å². The van der Waals surface area contributed by atoms with Crippen LogP contribution >= 0.6 is 27.5 Å². The number of carbonyl (C=O) groups is 1. The summed E-state index contributed by atoms with van der Waals surface area (Å²) >= 11 is 9.23. The maximum absolute atomic E-state index is 11.7. The Hall–Kier alpha value is -0.780. The molecule has 6 heteroatoms. The minimum absolute atomic E-state index is 0.0630. The van der Waals surface area contributed by atoms with Gasteiger partial charge in [-0.3, -0.25) is 4.79 Å². The lowest BCUT2D eigenvalue weighted by molar-refractivity contribution is -0.152. The smallest absolute Gasteiger partial charge is 0.313 e. The number of ether oxygens (including phenoxy) is 1. The molecule has 0 aliphatic heterocycles. The quantitative estimate of drug-likeness (QED) is 0.832. The Morgan fingerprint density at radius 1 is 1.56 bits per heavy atom. The molecule has 0 saturated heterocycles. The van der Waals surface area contributed by atoms with Crippen molar-refractivity contribution in [1.82, 2.24) is 0 Å². The summed E-state index contributed by atoms with van der Waals surface area (Å²) in [6, 6.07) is 2.43. The van der Waals surface area contributed by atoms with Gasteiger partial charge in [-0.25, -0.2) is 0 Å². The van der Waals surface area contributed by atoms with Gasteiger partial charge in [-0.1, -0.05) is 11.6 Å². The Balaban J connectivity index is 3.31. The molecule has 0 fully saturated rings. The van der Waals surface area contributed by atoms with E-state index in [1.165, 1.54) is 7.11 Å². The summed E-state index contributed by atoms with van der Waals surface area (Å²) in [4.78, 5) is 11.7. The average Bonchev–Trinajstić information content (AvgIpc) is 2.33. The zero-order chi connectivity index (χ0) is 14.1. The molecule has 0 spiro atoms. The molecule has 0 aromatic heterocycles. The van der Waals surface area contributed by atoms with Gasteiger partial charge in [0, 0.05) is 10.6 Å². The van der Waals surface area contributed by atoms with Crippen LogP contribution in [-0.2, 0) is 9.53 Å². The van der Waals surface area contributed by atoms with E-state index in [0.717, 1.165) is 0 Å². The Kier molecular flexibility index (Phi) is 4.64. The molecule has 0 unspecified atom stereocenters. The van der Waals surface area contributed by atoms with Crippen LogP contribution in [0.3, 0.4) is 0 Å². The van der Waals surface area contributed by atoms with E-state index in [-0.39, 0.29) is 5.75 Å². The Morgan fingerprint density at radius 2 is 2.11 bits per heavy atom. The first-order chi connectivity index (χ1) is 8.23. The number of aromatic hydroxyl groups is 1. The molecule has 1 atom stereocenters. The second kappa shape index (κ2) is 5.47. The van der Waals surface area contributed by atoms with Gasteiger partial charge in [0.15, 0.2) is 0 Å². The summed E-state index contributed by atoms with van der Waals surface area (Å²) in [5.41, 5.74) is 5.37. The normalized spacial score (nSPS) is 13.2. The summed E-state index contributed by atoms with van der Waals surface area (Å²) in [6.45, 7) is 3.28. The van der Waals surface area contributed by atoms with Gasteiger partial charge in [0.25, 0.3) is 0 Å². The highest BCUT2D eigenvalue weighted by Crippen LogP contribution is 2.43. The molecule has 4 nitrogen and oxygen atoms in total. The first-order valence-electron chi connectivity index (χ1n) is 5.24. The van der Waals surface area contributed by atoms with Crippen molar-refractivity contribution in [3.05, 3.63) is 27.2 Å². The second-order valence-corrected chi connectivity index (χ2v) is 5.74. The van der Waals surface area contributed by atoms with Gasteiger partial charge in [0.2, 0.25) is 0 Å². The molecule has 18 heavy (non-hydrogen) atoms. The Labute approximate surface area is 119 Å². The number of phenols is 1. The summed E-state index contributed by atoms with van der Waals surface area (Å²) in [7, 11) is 1.29. The number of hydrogen-bond donors (Lipinski definition) is 2. The number of nitrogens with two attached hydrogens (primary N) is 1. The first kappa shape index (κ1) is 15.3. The van der Waals surface area contributed by atoms with Crippen LogP contribution in [0.25, 0.3) is 0 Å². The third-order valence-corrected chi connectivity index (χ3v) is 3.88. The van der Waals surface area contributed by atoms with Crippen molar-refractivity contribution in [3.63, 3.8) is 0 Å². The molecule has 0 aliphatic carbocycles. The number of phenolic OH excluding ortho intramolecular Hbond substituents is 1. The number of rotatable bonds is 3. The van der Waals surface area contributed by atoms with Crippen LogP contribution in [0.4, 0.5) is 0 Å². The van der Waals surface area contributed by atoms with Crippen LogP contribution in [0.1, 0.15) is 25.5 Å². The average molecular weight is 337 g/mol. The van der Waals surface area contributed by atoms with Gasteiger partial charge in [-0.2, -0.15) is 0 Å². The third-order valence-electron chi connectivity index (χ3n) is 2.91. The fourth-order valence-electron chi connectivity index (χ4n) is 1.60. The summed E-state index contributed by atoms with van der Waals surface area (Å²) in [5, 5.41) is 10.3. The van der Waals surface area contributed by atoms with E-state index in [1.54, 1.807) is 26.0 Å². The van der Waals surface area contributed by atoms with Crippen LogP contribution in [0, 0.1) is 5.41 Å². The minimum atomic E-state index is -1.00. The third kappa shape index (κ3) is 2.63. The highest BCUT2D eigenvalue weighted by Gasteiger charge is 2.39. The van der Waals surface area contributed by atoms with E-state index >= 15 is 0 Å². The molecule has 1 aromatic rings. The molecular formula is C12H15BrClNO3. The lowest BCUT2D eigenvalue weighted by Crippen LogP contribution is -2.37. The fourth-order valence-corrected chi connectivity index (χ4v) is 2.22. The summed E-state index contributed by atoms with van der Waals surface area (Å²) in [6.07, 6.45) is 0. The SMILES string of the molecule is COC(=O)C(C)(C)[C@H](N)c1c(Cl)ccc(Br)c1O. The predicted molar refractivity (Wildman–Crippen MR) is 73.5 cm³/mol. The van der Waals surface area contributed by atoms with E-state index in [2.05, 4.69) is 15.9 Å². The van der Waals surface area contributed by atoms with Crippen LogP contribution in [0.15, 0.2) is 16.6 Å². The van der Waals surface area contributed by atoms with Crippen LogP contribution in [-0.4, -0.2) is 18.2 Å². The molecule has 0 heterocycles. The topological polar surface area (TPSA) is 72.5 Å². The molecule has 0 radical (unpaired) electrons. The monoisotopic (exact) mass is 335 g/mol. The zero-order valence-corrected chi connectivity index (χ0v) is 12.7. The molecule has 0 saturated carbocycles. The van der Waals surface area contributed by atoms with Crippen molar-refractivity contribution >= 4 is 33.5 Å². The number of benzene rings is 1. The van der Waals surface area contributed by atoms with Gasteiger partial charge < -0.3 is 15.6 Å². The van der Waals surface area contributed by atoms with Gasteiger partial charge in [-0.05, 0) is 41.9 Å². The lowest BCUT2D eigenvalue weighted by Gasteiger charge is -2.30. The second-order valence-electron chi connectivity index (χ2n) is 4.48. The van der Waals surface area contributed by atoms with Crippen molar-refractivity contribution in [1.29, 1.82) is 0 Å². The number of hydrogen-bond acceptors (Lipinski definition) is 4. The van der Waals surface area contributed by atoms with Gasteiger partial charge in [0.05, 0.1) is 23.0 Å². The summed E-state index contributed by atoms with van der Waals surface area (Å²) < 4.78 is 5.18. The molecule has 3 N–H and O–H groups in total. The highest BCUT2D eigenvalue weighted by atomic mass is 79.9. The number of halogens is 2. The van der Waals surface area contributed by atoms with Crippen molar-refractivity contribution in [2.24, 2.45) is 11.1 Å². The van der Waals surface area contributed by atoms with E-state index in [9.17, 15) is 9.90 Å². The molecule has 0 amide bonds.